The minimum atomic E-state index is -0.318. The van der Waals surface area contributed by atoms with Crippen molar-refractivity contribution < 1.29 is 19.1 Å². The van der Waals surface area contributed by atoms with Crippen LogP contribution in [-0.4, -0.2) is 62.1 Å². The molecule has 2 aromatic heterocycles. The molecule has 0 radical (unpaired) electrons. The largest absolute Gasteiger partial charge is 0.439 e. The van der Waals surface area contributed by atoms with Gasteiger partial charge in [-0.1, -0.05) is 35.9 Å². The Kier molecular flexibility index (Phi) is 8.06. The van der Waals surface area contributed by atoms with E-state index >= 15 is 0 Å². The lowest BCUT2D eigenvalue weighted by molar-refractivity contribution is -0.131. The highest BCUT2D eigenvalue weighted by molar-refractivity contribution is 6.36. The molecule has 0 saturated carbocycles. The molecule has 0 spiro atoms. The van der Waals surface area contributed by atoms with Gasteiger partial charge in [0.1, 0.15) is 11.5 Å². The van der Waals surface area contributed by atoms with Gasteiger partial charge in [0.15, 0.2) is 5.82 Å². The number of carbonyl (C=O) groups is 2. The summed E-state index contributed by atoms with van der Waals surface area (Å²) >= 11 is 6.90. The van der Waals surface area contributed by atoms with Crippen molar-refractivity contribution >= 4 is 29.1 Å². The number of aliphatic hydroxyl groups is 1. The van der Waals surface area contributed by atoms with Crippen molar-refractivity contribution in [2.45, 2.75) is 45.9 Å². The van der Waals surface area contributed by atoms with Crippen molar-refractivity contribution in [2.24, 2.45) is 7.05 Å². The van der Waals surface area contributed by atoms with Crippen LogP contribution < -0.4 is 16.0 Å². The number of nitrogens with one attached hydrogen (secondary N) is 3. The number of anilines is 1. The van der Waals surface area contributed by atoms with Crippen LogP contribution in [0.5, 0.6) is 0 Å². The van der Waals surface area contributed by atoms with Gasteiger partial charge in [0, 0.05) is 49.4 Å². The summed E-state index contributed by atoms with van der Waals surface area (Å²) in [5.74, 6) is 1.10. The molecule has 2 aliphatic heterocycles. The van der Waals surface area contributed by atoms with Gasteiger partial charge in [0.25, 0.3) is 5.91 Å². The molecule has 2 aliphatic rings. The number of amides is 2. The van der Waals surface area contributed by atoms with E-state index in [1.54, 1.807) is 11.0 Å². The Morgan fingerprint density at radius 3 is 2.65 bits per heavy atom. The van der Waals surface area contributed by atoms with E-state index in [2.05, 4.69) is 20.9 Å². The van der Waals surface area contributed by atoms with Crippen molar-refractivity contribution in [1.29, 1.82) is 0 Å². The molecule has 0 bridgehead atoms. The molecule has 4 heterocycles. The third-order valence-electron chi connectivity index (χ3n) is 8.11. The van der Waals surface area contributed by atoms with E-state index in [1.807, 2.05) is 55.8 Å². The van der Waals surface area contributed by atoms with Crippen LogP contribution in [0.3, 0.4) is 0 Å². The lowest BCUT2D eigenvalue weighted by atomic mass is 9.96. The number of aliphatic hydroxyl groups excluding tert-OH is 1. The maximum absolute atomic E-state index is 13.2. The zero-order valence-electron chi connectivity index (χ0n) is 24.3. The average Bonchev–Trinajstić information content (AvgIpc) is 3.69. The third-order valence-corrected chi connectivity index (χ3v) is 8.52. The van der Waals surface area contributed by atoms with Gasteiger partial charge in [-0.2, -0.15) is 0 Å². The first-order valence-electron chi connectivity index (χ1n) is 14.3. The topological polar surface area (TPSA) is 138 Å². The fourth-order valence-electron chi connectivity index (χ4n) is 5.60. The molecule has 6 rings (SSSR count). The van der Waals surface area contributed by atoms with Crippen LogP contribution in [0.15, 0.2) is 40.8 Å². The minimum Gasteiger partial charge on any atom is -0.439 e. The first kappa shape index (κ1) is 29.1. The quantitative estimate of drug-likeness (QED) is 0.240. The van der Waals surface area contributed by atoms with Crippen molar-refractivity contribution in [1.82, 2.24) is 30.1 Å². The number of hydrogen-bond donors (Lipinski definition) is 4. The molecule has 43 heavy (non-hydrogen) atoms. The number of carbonyl (C=O) groups excluding carboxylic acids is 2. The summed E-state index contributed by atoms with van der Waals surface area (Å²) in [7, 11) is 1.86. The van der Waals surface area contributed by atoms with E-state index in [0.717, 1.165) is 52.3 Å². The van der Waals surface area contributed by atoms with Gasteiger partial charge in [0.05, 0.1) is 42.6 Å². The Labute approximate surface area is 254 Å². The van der Waals surface area contributed by atoms with E-state index < -0.39 is 0 Å². The number of hydrogen-bond acceptors (Lipinski definition) is 8. The minimum absolute atomic E-state index is 0.0357. The highest BCUT2D eigenvalue weighted by Crippen LogP contribution is 2.39. The summed E-state index contributed by atoms with van der Waals surface area (Å²) in [6.45, 7) is 6.13. The molecule has 0 saturated heterocycles. The van der Waals surface area contributed by atoms with Crippen LogP contribution in [0.25, 0.3) is 22.6 Å². The monoisotopic (exact) mass is 603 g/mol. The standard InChI is InChI=1S/C31H34ClN7O4/c1-17(16-40)34-13-27(41)39-14-24-26(15-39)43-31(37-24)20-7-4-6-19(18(20)2)21-8-5-9-22(28(21)32)36-30(42)29-35-23-12-33-11-10-25(23)38(29)3/h4-9,17,33-34,40H,10-16H2,1-3H3,(H,36,42)/t17-/m0/s1. The molecular weight excluding hydrogens is 570 g/mol. The van der Waals surface area contributed by atoms with Crippen LogP contribution in [0, 0.1) is 6.92 Å². The number of fused-ring (bicyclic) bond motifs is 2. The van der Waals surface area contributed by atoms with Crippen LogP contribution in [-0.2, 0) is 37.9 Å². The molecule has 0 unspecified atom stereocenters. The molecule has 4 N–H and O–H groups in total. The lowest BCUT2D eigenvalue weighted by Crippen LogP contribution is -2.39. The highest BCUT2D eigenvalue weighted by Gasteiger charge is 2.30. The summed E-state index contributed by atoms with van der Waals surface area (Å²) in [4.78, 5) is 36.8. The second kappa shape index (κ2) is 11.9. The predicted octanol–water partition coefficient (Wildman–Crippen LogP) is 3.41. The lowest BCUT2D eigenvalue weighted by Gasteiger charge is -2.17. The number of nitrogens with zero attached hydrogens (tertiary/aromatic N) is 4. The smallest absolute Gasteiger partial charge is 0.291 e. The molecule has 4 aromatic rings. The Balaban J connectivity index is 1.21. The normalized spacial score (nSPS) is 14.9. The molecule has 2 aromatic carbocycles. The van der Waals surface area contributed by atoms with Crippen molar-refractivity contribution in [3.63, 3.8) is 0 Å². The van der Waals surface area contributed by atoms with Crippen LogP contribution >= 0.6 is 11.6 Å². The van der Waals surface area contributed by atoms with Gasteiger partial charge in [-0.05, 0) is 37.1 Å². The summed E-state index contributed by atoms with van der Waals surface area (Å²) in [5, 5.41) is 18.8. The van der Waals surface area contributed by atoms with Crippen molar-refractivity contribution in [3.05, 3.63) is 75.7 Å². The Bertz CT molecular complexity index is 1690. The summed E-state index contributed by atoms with van der Waals surface area (Å²) in [6.07, 6.45) is 0.824. The van der Waals surface area contributed by atoms with E-state index in [9.17, 15) is 14.7 Å². The first-order chi connectivity index (χ1) is 20.7. The number of oxazole rings is 1. The molecular formula is C31H34ClN7O4. The van der Waals surface area contributed by atoms with Crippen molar-refractivity contribution in [3.8, 4) is 22.6 Å². The molecule has 12 heteroatoms. The number of aromatic nitrogens is 3. The Hall–Kier alpha value is -4.03. The second-order valence-corrected chi connectivity index (χ2v) is 11.4. The predicted molar refractivity (Wildman–Crippen MR) is 162 cm³/mol. The second-order valence-electron chi connectivity index (χ2n) is 11.0. The average molecular weight is 604 g/mol. The molecule has 0 fully saturated rings. The summed E-state index contributed by atoms with van der Waals surface area (Å²) < 4.78 is 8.00. The Morgan fingerprint density at radius 2 is 1.88 bits per heavy atom. The third kappa shape index (κ3) is 5.56. The number of rotatable bonds is 8. The van der Waals surface area contributed by atoms with Crippen molar-refractivity contribution in [2.75, 3.05) is 25.0 Å². The maximum atomic E-state index is 13.2. The summed E-state index contributed by atoms with van der Waals surface area (Å²) in [6, 6.07) is 11.2. The van der Waals surface area contributed by atoms with Gasteiger partial charge in [0.2, 0.25) is 11.8 Å². The van der Waals surface area contributed by atoms with E-state index in [4.69, 9.17) is 21.0 Å². The van der Waals surface area contributed by atoms with Gasteiger partial charge in [-0.15, -0.1) is 0 Å². The first-order valence-corrected chi connectivity index (χ1v) is 14.7. The molecule has 11 nitrogen and oxygen atoms in total. The van der Waals surface area contributed by atoms with Gasteiger partial charge in [-0.3, -0.25) is 9.59 Å². The molecule has 0 aliphatic carbocycles. The molecule has 1 atom stereocenters. The highest BCUT2D eigenvalue weighted by atomic mass is 35.5. The SMILES string of the molecule is Cc1c(-c2nc3c(o2)CN(C(=O)CN[C@@H](C)CO)C3)cccc1-c1cccc(NC(=O)c2nc3c(n2C)CCNC3)c1Cl. The van der Waals surface area contributed by atoms with E-state index in [0.29, 0.717) is 47.8 Å². The maximum Gasteiger partial charge on any atom is 0.291 e. The number of benzene rings is 2. The fourth-order valence-corrected chi connectivity index (χ4v) is 5.88. The zero-order chi connectivity index (χ0) is 30.2. The van der Waals surface area contributed by atoms with Gasteiger partial charge >= 0.3 is 0 Å². The molecule has 224 valence electrons. The van der Waals surface area contributed by atoms with Gasteiger partial charge in [-0.25, -0.2) is 9.97 Å². The number of imidazole rings is 1. The fraction of sp³-hybridized carbons (Fsp3) is 0.355. The number of halogens is 1. The molecule has 2 amide bonds. The van der Waals surface area contributed by atoms with Crippen LogP contribution in [0.2, 0.25) is 5.02 Å². The van der Waals surface area contributed by atoms with Gasteiger partial charge < -0.3 is 34.9 Å². The zero-order valence-corrected chi connectivity index (χ0v) is 25.1. The Morgan fingerprint density at radius 1 is 1.12 bits per heavy atom. The van der Waals surface area contributed by atoms with E-state index in [1.165, 1.54) is 0 Å². The van der Waals surface area contributed by atoms with Crippen LogP contribution in [0.4, 0.5) is 5.69 Å². The van der Waals surface area contributed by atoms with E-state index in [-0.39, 0.29) is 31.0 Å². The van der Waals surface area contributed by atoms with Crippen LogP contribution in [0.1, 0.15) is 45.9 Å². The summed E-state index contributed by atoms with van der Waals surface area (Å²) in [5.41, 5.74) is 6.59.